The monoisotopic (exact) mass is 408 g/mol. The molecular weight excluding hydrogens is 383 g/mol. The van der Waals surface area contributed by atoms with Gasteiger partial charge in [0.15, 0.2) is 0 Å². The first-order chi connectivity index (χ1) is 14.4. The van der Waals surface area contributed by atoms with Crippen molar-refractivity contribution in [2.45, 2.75) is 27.3 Å². The minimum atomic E-state index is -0.402. The van der Waals surface area contributed by atoms with E-state index in [4.69, 9.17) is 0 Å². The van der Waals surface area contributed by atoms with Crippen LogP contribution in [-0.4, -0.2) is 40.0 Å². The zero-order chi connectivity index (χ0) is 21.4. The van der Waals surface area contributed by atoms with Crippen molar-refractivity contribution in [2.75, 3.05) is 25.0 Å². The molecule has 6 nitrogen and oxygen atoms in total. The fourth-order valence-corrected chi connectivity index (χ4v) is 3.97. The summed E-state index contributed by atoms with van der Waals surface area (Å²) in [5.41, 5.74) is 3.60. The van der Waals surface area contributed by atoms with Gasteiger partial charge in [-0.1, -0.05) is 13.8 Å². The maximum atomic E-state index is 13.7. The Labute approximate surface area is 174 Å². The zero-order valence-electron chi connectivity index (χ0n) is 17.4. The van der Waals surface area contributed by atoms with E-state index in [-0.39, 0.29) is 11.5 Å². The number of pyridine rings is 1. The van der Waals surface area contributed by atoms with Crippen LogP contribution in [0.3, 0.4) is 0 Å². The number of hydrogen-bond acceptors (Lipinski definition) is 3. The second kappa shape index (κ2) is 7.91. The van der Waals surface area contributed by atoms with Gasteiger partial charge in [0.2, 0.25) is 0 Å². The first kappa shape index (κ1) is 20.1. The summed E-state index contributed by atoms with van der Waals surface area (Å²) >= 11 is 0. The lowest BCUT2D eigenvalue weighted by molar-refractivity contribution is -0.110. The number of halogens is 1. The van der Waals surface area contributed by atoms with Crippen LogP contribution in [-0.2, 0) is 11.3 Å². The summed E-state index contributed by atoms with van der Waals surface area (Å²) in [6.45, 7) is 9.38. The number of hydrogen-bond donors (Lipinski definition) is 2. The Morgan fingerprint density at radius 2 is 1.93 bits per heavy atom. The van der Waals surface area contributed by atoms with Crippen molar-refractivity contribution in [3.63, 3.8) is 0 Å². The fourth-order valence-electron chi connectivity index (χ4n) is 3.97. The molecule has 7 heteroatoms. The van der Waals surface area contributed by atoms with E-state index in [2.05, 4.69) is 29.0 Å². The Balaban J connectivity index is 1.74. The molecule has 2 N–H and O–H groups in total. The quantitative estimate of drug-likeness (QED) is 0.612. The summed E-state index contributed by atoms with van der Waals surface area (Å²) in [4.78, 5) is 31.0. The second-order valence-electron chi connectivity index (χ2n) is 7.50. The molecule has 1 aliphatic rings. The molecular formula is C23H25FN4O2. The summed E-state index contributed by atoms with van der Waals surface area (Å²) < 4.78 is 15.4. The molecule has 0 spiro atoms. The molecule has 3 heterocycles. The fraction of sp³-hybridized carbons (Fsp3) is 0.304. The van der Waals surface area contributed by atoms with Gasteiger partial charge >= 0.3 is 0 Å². The number of rotatable bonds is 6. The number of fused-ring (bicyclic) bond motifs is 2. The number of aryl methyl sites for hydroxylation is 1. The van der Waals surface area contributed by atoms with Crippen molar-refractivity contribution < 1.29 is 9.18 Å². The number of anilines is 1. The van der Waals surface area contributed by atoms with Crippen LogP contribution in [0.1, 0.15) is 30.7 Å². The van der Waals surface area contributed by atoms with E-state index >= 15 is 0 Å². The van der Waals surface area contributed by atoms with Crippen molar-refractivity contribution >= 4 is 34.1 Å². The summed E-state index contributed by atoms with van der Waals surface area (Å²) in [5, 5.41) is 3.36. The van der Waals surface area contributed by atoms with Crippen LogP contribution in [0, 0.1) is 12.7 Å². The Hall–Kier alpha value is -3.19. The number of aromatic amines is 1. The number of carbonyl (C=O) groups is 1. The van der Waals surface area contributed by atoms with Gasteiger partial charge in [-0.25, -0.2) is 4.39 Å². The highest BCUT2D eigenvalue weighted by Crippen LogP contribution is 2.34. The van der Waals surface area contributed by atoms with Crippen LogP contribution >= 0.6 is 0 Å². The molecule has 0 bridgehead atoms. The Bertz CT molecular complexity index is 1220. The molecule has 1 amide bonds. The van der Waals surface area contributed by atoms with Crippen molar-refractivity contribution in [1.82, 2.24) is 14.5 Å². The van der Waals surface area contributed by atoms with Gasteiger partial charge in [0.05, 0.1) is 16.5 Å². The molecule has 1 aromatic carbocycles. The van der Waals surface area contributed by atoms with Crippen molar-refractivity contribution in [1.29, 1.82) is 0 Å². The van der Waals surface area contributed by atoms with Gasteiger partial charge < -0.3 is 19.8 Å². The second-order valence-corrected chi connectivity index (χ2v) is 7.50. The summed E-state index contributed by atoms with van der Waals surface area (Å²) in [5.74, 6) is -0.689. The van der Waals surface area contributed by atoms with Gasteiger partial charge in [-0.15, -0.1) is 0 Å². The first-order valence-electron chi connectivity index (χ1n) is 10.2. The molecule has 0 aliphatic carbocycles. The van der Waals surface area contributed by atoms with Gasteiger partial charge in [0, 0.05) is 36.2 Å². The van der Waals surface area contributed by atoms with Crippen molar-refractivity contribution in [3.8, 4) is 0 Å². The molecule has 0 saturated heterocycles. The van der Waals surface area contributed by atoms with Gasteiger partial charge in [-0.3, -0.25) is 9.59 Å². The number of H-pyrrole nitrogens is 1. The van der Waals surface area contributed by atoms with E-state index < -0.39 is 5.82 Å². The number of aromatic nitrogens is 2. The first-order valence-corrected chi connectivity index (χ1v) is 10.2. The summed E-state index contributed by atoms with van der Waals surface area (Å²) in [6.07, 6.45) is 3.49. The van der Waals surface area contributed by atoms with Gasteiger partial charge in [-0.2, -0.15) is 0 Å². The predicted octanol–water partition coefficient (Wildman–Crippen LogP) is 3.61. The molecule has 0 radical (unpaired) electrons. The highest BCUT2D eigenvalue weighted by Gasteiger charge is 2.25. The van der Waals surface area contributed by atoms with E-state index in [0.29, 0.717) is 34.4 Å². The van der Waals surface area contributed by atoms with Crippen molar-refractivity contribution in [2.24, 2.45) is 0 Å². The molecule has 0 atom stereocenters. The van der Waals surface area contributed by atoms with Gasteiger partial charge in [0.1, 0.15) is 5.82 Å². The topological polar surface area (TPSA) is 70.1 Å². The number of likely N-dealkylation sites (N-methyl/N-ethyl adjacent to an activating group) is 1. The van der Waals surface area contributed by atoms with Crippen LogP contribution in [0.25, 0.3) is 22.6 Å². The third-order valence-electron chi connectivity index (χ3n) is 5.82. The molecule has 1 aliphatic heterocycles. The smallest absolute Gasteiger partial charge is 0.260 e. The molecule has 0 unspecified atom stereocenters. The summed E-state index contributed by atoms with van der Waals surface area (Å²) in [7, 11) is 0. The Kier molecular flexibility index (Phi) is 5.30. The normalized spacial score (nSPS) is 14.7. The minimum Gasteiger partial charge on any atom is -0.355 e. The lowest BCUT2D eigenvalue weighted by Crippen LogP contribution is -2.30. The maximum absolute atomic E-state index is 13.7. The predicted molar refractivity (Wildman–Crippen MR) is 118 cm³/mol. The average molecular weight is 408 g/mol. The largest absolute Gasteiger partial charge is 0.355 e. The maximum Gasteiger partial charge on any atom is 0.260 e. The minimum absolute atomic E-state index is 0.0552. The van der Waals surface area contributed by atoms with Gasteiger partial charge in [0.25, 0.3) is 11.5 Å². The van der Waals surface area contributed by atoms with Crippen LogP contribution in [0.5, 0.6) is 0 Å². The number of carbonyl (C=O) groups excluding carboxylic acids is 1. The Morgan fingerprint density at radius 3 is 2.67 bits per heavy atom. The standard InChI is InChI=1S/C23H25FN4O2/c1-4-27(5-2)10-11-28-9-8-19-21(23(28)30)14(3)20(25-19)13-17-16-12-15(24)6-7-18(16)26-22(17)29/h6-9,12-13,25H,4-5,10-11H2,1-3H3,(H,26,29)/b17-13-. The SMILES string of the molecule is CCN(CC)CCn1ccc2[nH]c(/C=C3\C(=O)Nc4ccc(F)cc43)c(C)c2c1=O. The third kappa shape index (κ3) is 3.45. The molecule has 3 aromatic rings. The zero-order valence-corrected chi connectivity index (χ0v) is 17.4. The van der Waals surface area contributed by atoms with Gasteiger partial charge in [-0.05, 0) is 55.9 Å². The molecule has 4 rings (SSSR count). The molecule has 2 aromatic heterocycles. The lowest BCUT2D eigenvalue weighted by atomic mass is 10.0. The average Bonchev–Trinajstić information content (AvgIpc) is 3.21. The third-order valence-corrected chi connectivity index (χ3v) is 5.82. The van der Waals surface area contributed by atoms with E-state index in [0.717, 1.165) is 30.7 Å². The van der Waals surface area contributed by atoms with Crippen molar-refractivity contribution in [3.05, 3.63) is 63.5 Å². The number of benzene rings is 1. The lowest BCUT2D eigenvalue weighted by Gasteiger charge is -2.18. The van der Waals surface area contributed by atoms with E-state index in [1.165, 1.54) is 12.1 Å². The van der Waals surface area contributed by atoms with Crippen LogP contribution < -0.4 is 10.9 Å². The highest BCUT2D eigenvalue weighted by atomic mass is 19.1. The molecule has 0 fully saturated rings. The van der Waals surface area contributed by atoms with E-state index in [1.54, 1.807) is 22.9 Å². The van der Waals surface area contributed by atoms with E-state index in [9.17, 15) is 14.0 Å². The van der Waals surface area contributed by atoms with Crippen LogP contribution in [0.2, 0.25) is 0 Å². The number of amides is 1. The summed E-state index contributed by atoms with van der Waals surface area (Å²) in [6, 6.07) is 6.10. The molecule has 156 valence electrons. The van der Waals surface area contributed by atoms with Crippen LogP contribution in [0.15, 0.2) is 35.3 Å². The van der Waals surface area contributed by atoms with E-state index in [1.807, 2.05) is 13.0 Å². The Morgan fingerprint density at radius 1 is 1.17 bits per heavy atom. The van der Waals surface area contributed by atoms with Crippen LogP contribution in [0.4, 0.5) is 10.1 Å². The number of nitrogens with one attached hydrogen (secondary N) is 2. The highest BCUT2D eigenvalue weighted by molar-refractivity contribution is 6.35. The molecule has 30 heavy (non-hydrogen) atoms. The number of nitrogens with zero attached hydrogens (tertiary/aromatic N) is 2. The molecule has 0 saturated carbocycles.